The molecule has 2 aliphatic heterocycles. The predicted octanol–water partition coefficient (Wildman–Crippen LogP) is 1.57. The molecule has 8 heteroatoms. The Kier molecular flexibility index (Phi) is 8.90. The minimum Gasteiger partial charge on any atom is -0.497 e. The maximum Gasteiger partial charge on any atom is 0.308 e. The lowest BCUT2D eigenvalue weighted by Gasteiger charge is -2.32. The molecule has 0 atom stereocenters. The third-order valence-corrected chi connectivity index (χ3v) is 6.47. The highest BCUT2D eigenvalue weighted by molar-refractivity contribution is 5.79. The number of benzene rings is 1. The molecule has 32 heavy (non-hydrogen) atoms. The van der Waals surface area contributed by atoms with Gasteiger partial charge in [-0.3, -0.25) is 19.3 Å². The molecule has 0 saturated carbocycles. The maximum absolute atomic E-state index is 12.7. The van der Waals surface area contributed by atoms with Crippen LogP contribution >= 0.6 is 0 Å². The van der Waals surface area contributed by atoms with E-state index in [4.69, 9.17) is 9.47 Å². The number of rotatable bonds is 7. The number of hydrogen-bond acceptors (Lipinski definition) is 6. The normalized spacial score (nSPS) is 18.2. The van der Waals surface area contributed by atoms with Gasteiger partial charge in [0.2, 0.25) is 11.8 Å². The molecule has 1 aromatic carbocycles. The van der Waals surface area contributed by atoms with Crippen molar-refractivity contribution in [3.63, 3.8) is 0 Å². The zero-order valence-electron chi connectivity index (χ0n) is 19.3. The lowest BCUT2D eigenvalue weighted by atomic mass is 9.97. The number of carbonyl (C=O) groups excluding carboxylic acids is 3. The molecule has 0 bridgehead atoms. The first-order valence-electron chi connectivity index (χ1n) is 11.5. The number of esters is 1. The van der Waals surface area contributed by atoms with Crippen LogP contribution in [-0.4, -0.2) is 92.5 Å². The zero-order chi connectivity index (χ0) is 22.9. The fourth-order valence-corrected chi connectivity index (χ4v) is 4.40. The average molecular weight is 446 g/mol. The van der Waals surface area contributed by atoms with Crippen LogP contribution in [0, 0.1) is 5.92 Å². The Bertz CT molecular complexity index is 774. The Balaban J connectivity index is 1.40. The van der Waals surface area contributed by atoms with E-state index >= 15 is 0 Å². The summed E-state index contributed by atoms with van der Waals surface area (Å²) in [6.45, 7) is 4.47. The molecule has 2 saturated heterocycles. The van der Waals surface area contributed by atoms with Gasteiger partial charge in [-0.25, -0.2) is 0 Å². The van der Waals surface area contributed by atoms with Crippen LogP contribution in [-0.2, 0) is 25.5 Å². The molecule has 1 aromatic rings. The van der Waals surface area contributed by atoms with Gasteiger partial charge in [0.15, 0.2) is 0 Å². The highest BCUT2D eigenvalue weighted by Gasteiger charge is 2.29. The Morgan fingerprint density at radius 3 is 2.22 bits per heavy atom. The lowest BCUT2D eigenvalue weighted by Crippen LogP contribution is -2.46. The number of nitrogens with zero attached hydrogens (tertiary/aromatic N) is 3. The second-order valence-electron chi connectivity index (χ2n) is 8.54. The van der Waals surface area contributed by atoms with E-state index in [1.807, 2.05) is 34.1 Å². The van der Waals surface area contributed by atoms with E-state index in [0.29, 0.717) is 58.4 Å². The van der Waals surface area contributed by atoms with Crippen LogP contribution < -0.4 is 4.74 Å². The van der Waals surface area contributed by atoms with Gasteiger partial charge in [-0.05, 0) is 43.4 Å². The van der Waals surface area contributed by atoms with Crippen molar-refractivity contribution in [1.82, 2.24) is 14.7 Å². The second kappa shape index (κ2) is 11.9. The maximum atomic E-state index is 12.7. The SMILES string of the molecule is COC(=O)C1CCN(C(=O)CN2CCCN(C(=O)CCc3ccc(OC)cc3)CC2)CC1. The molecule has 0 aromatic heterocycles. The molecular formula is C24H35N3O5. The predicted molar refractivity (Wildman–Crippen MR) is 120 cm³/mol. The Morgan fingerprint density at radius 2 is 1.56 bits per heavy atom. The van der Waals surface area contributed by atoms with E-state index in [0.717, 1.165) is 30.8 Å². The van der Waals surface area contributed by atoms with Gasteiger partial charge in [-0.15, -0.1) is 0 Å². The molecule has 0 spiro atoms. The average Bonchev–Trinajstić information content (AvgIpc) is 3.08. The summed E-state index contributed by atoms with van der Waals surface area (Å²) in [5.41, 5.74) is 1.12. The van der Waals surface area contributed by atoms with Crippen molar-refractivity contribution < 1.29 is 23.9 Å². The number of amides is 2. The number of ether oxygens (including phenoxy) is 2. The molecule has 0 aliphatic carbocycles. The topological polar surface area (TPSA) is 79.4 Å². The molecule has 2 heterocycles. The standard InChI is InChI=1S/C24H35N3O5/c1-31-21-7-4-19(5-8-21)6-9-22(28)26-13-3-12-25(16-17-26)18-23(29)27-14-10-20(11-15-27)24(30)32-2/h4-5,7-8,20H,3,6,9-18H2,1-2H3. The molecular weight excluding hydrogens is 410 g/mol. The summed E-state index contributed by atoms with van der Waals surface area (Å²) in [7, 11) is 3.05. The van der Waals surface area contributed by atoms with Gasteiger partial charge in [0.25, 0.3) is 0 Å². The monoisotopic (exact) mass is 445 g/mol. The first-order valence-corrected chi connectivity index (χ1v) is 11.5. The van der Waals surface area contributed by atoms with Gasteiger partial charge < -0.3 is 19.3 Å². The van der Waals surface area contributed by atoms with Crippen LogP contribution in [0.3, 0.4) is 0 Å². The zero-order valence-corrected chi connectivity index (χ0v) is 19.3. The summed E-state index contributed by atoms with van der Waals surface area (Å²) in [4.78, 5) is 43.0. The Labute approximate surface area is 190 Å². The molecule has 2 aliphatic rings. The molecule has 0 N–H and O–H groups in total. The molecule has 3 rings (SSSR count). The quantitative estimate of drug-likeness (QED) is 0.593. The number of likely N-dealkylation sites (tertiary alicyclic amines) is 1. The van der Waals surface area contributed by atoms with E-state index < -0.39 is 0 Å². The lowest BCUT2D eigenvalue weighted by molar-refractivity contribution is -0.149. The van der Waals surface area contributed by atoms with Crippen LogP contribution in [0.25, 0.3) is 0 Å². The largest absolute Gasteiger partial charge is 0.497 e. The molecule has 0 unspecified atom stereocenters. The van der Waals surface area contributed by atoms with Gasteiger partial charge in [0.1, 0.15) is 5.75 Å². The highest BCUT2D eigenvalue weighted by atomic mass is 16.5. The van der Waals surface area contributed by atoms with Crippen molar-refractivity contribution in [2.24, 2.45) is 5.92 Å². The smallest absolute Gasteiger partial charge is 0.308 e. The van der Waals surface area contributed by atoms with Crippen LogP contribution in [0.2, 0.25) is 0 Å². The van der Waals surface area contributed by atoms with Crippen molar-refractivity contribution in [2.75, 3.05) is 60.0 Å². The van der Waals surface area contributed by atoms with Crippen LogP contribution in [0.4, 0.5) is 0 Å². The van der Waals surface area contributed by atoms with Gasteiger partial charge in [0, 0.05) is 45.7 Å². The van der Waals surface area contributed by atoms with Crippen molar-refractivity contribution >= 4 is 17.8 Å². The fraction of sp³-hybridized carbons (Fsp3) is 0.625. The molecule has 0 radical (unpaired) electrons. The fourth-order valence-electron chi connectivity index (χ4n) is 4.40. The van der Waals surface area contributed by atoms with Gasteiger partial charge in [0.05, 0.1) is 26.7 Å². The van der Waals surface area contributed by atoms with Crippen molar-refractivity contribution in [2.45, 2.75) is 32.1 Å². The highest BCUT2D eigenvalue weighted by Crippen LogP contribution is 2.19. The Hall–Kier alpha value is -2.61. The molecule has 2 fully saturated rings. The minimum atomic E-state index is -0.179. The van der Waals surface area contributed by atoms with Crippen molar-refractivity contribution in [3.8, 4) is 5.75 Å². The number of methoxy groups -OCH3 is 2. The summed E-state index contributed by atoms with van der Waals surface area (Å²) >= 11 is 0. The van der Waals surface area contributed by atoms with Gasteiger partial charge in [-0.2, -0.15) is 0 Å². The molecule has 8 nitrogen and oxygen atoms in total. The van der Waals surface area contributed by atoms with Crippen LogP contribution in [0.15, 0.2) is 24.3 Å². The van der Waals surface area contributed by atoms with Gasteiger partial charge in [-0.1, -0.05) is 12.1 Å². The van der Waals surface area contributed by atoms with E-state index in [-0.39, 0.29) is 23.7 Å². The first-order chi connectivity index (χ1) is 15.5. The van der Waals surface area contributed by atoms with E-state index in [2.05, 4.69) is 4.90 Å². The summed E-state index contributed by atoms with van der Waals surface area (Å²) in [5.74, 6) is 0.808. The summed E-state index contributed by atoms with van der Waals surface area (Å²) in [6, 6.07) is 7.82. The number of carbonyl (C=O) groups is 3. The van der Waals surface area contributed by atoms with Gasteiger partial charge >= 0.3 is 5.97 Å². The third-order valence-electron chi connectivity index (χ3n) is 6.47. The van der Waals surface area contributed by atoms with E-state index in [1.54, 1.807) is 7.11 Å². The minimum absolute atomic E-state index is 0.0975. The third kappa shape index (κ3) is 6.69. The number of piperidine rings is 1. The second-order valence-corrected chi connectivity index (χ2v) is 8.54. The summed E-state index contributed by atoms with van der Waals surface area (Å²) < 4.78 is 9.99. The molecule has 176 valence electrons. The van der Waals surface area contributed by atoms with Crippen molar-refractivity contribution in [1.29, 1.82) is 0 Å². The van der Waals surface area contributed by atoms with E-state index in [9.17, 15) is 14.4 Å². The Morgan fingerprint density at radius 1 is 0.875 bits per heavy atom. The summed E-state index contributed by atoms with van der Waals surface area (Å²) in [5, 5.41) is 0. The number of hydrogen-bond donors (Lipinski definition) is 0. The van der Waals surface area contributed by atoms with Crippen LogP contribution in [0.5, 0.6) is 5.75 Å². The van der Waals surface area contributed by atoms with Crippen LogP contribution in [0.1, 0.15) is 31.2 Å². The van der Waals surface area contributed by atoms with E-state index in [1.165, 1.54) is 7.11 Å². The summed E-state index contributed by atoms with van der Waals surface area (Å²) in [6.07, 6.45) is 3.39. The molecule has 2 amide bonds. The number of aryl methyl sites for hydroxylation is 1. The first kappa shape index (κ1) is 24.0. The van der Waals surface area contributed by atoms with Crippen molar-refractivity contribution in [3.05, 3.63) is 29.8 Å².